The van der Waals surface area contributed by atoms with Crippen molar-refractivity contribution in [1.29, 1.82) is 0 Å². The zero-order chi connectivity index (χ0) is 25.4. The number of anilines is 2. The third-order valence-electron chi connectivity index (χ3n) is 6.06. The summed E-state index contributed by atoms with van der Waals surface area (Å²) in [6.45, 7) is 4.54. The molecule has 0 aliphatic carbocycles. The minimum absolute atomic E-state index is 0.310. The molecule has 0 heterocycles. The van der Waals surface area contributed by atoms with Crippen molar-refractivity contribution in [2.24, 2.45) is 0 Å². The van der Waals surface area contributed by atoms with Gasteiger partial charge in [0.2, 0.25) is 0 Å². The van der Waals surface area contributed by atoms with Crippen molar-refractivity contribution in [3.05, 3.63) is 89.5 Å². The van der Waals surface area contributed by atoms with Crippen molar-refractivity contribution in [2.45, 2.75) is 32.4 Å². The first-order valence-electron chi connectivity index (χ1n) is 11.9. The van der Waals surface area contributed by atoms with Crippen molar-refractivity contribution in [3.63, 3.8) is 0 Å². The smallest absolute Gasteiger partial charge is 0.329 e. The molecule has 6 nitrogen and oxygen atoms in total. The molecule has 3 rings (SSSR count). The van der Waals surface area contributed by atoms with Crippen molar-refractivity contribution < 1.29 is 19.1 Å². The minimum atomic E-state index is -0.527. The Morgan fingerprint density at radius 2 is 1.49 bits per heavy atom. The van der Waals surface area contributed by atoms with Gasteiger partial charge in [0, 0.05) is 26.7 Å². The molecule has 184 valence electrons. The number of likely N-dealkylation sites (N-methyl/N-ethyl adjacent to an activating group) is 1. The first kappa shape index (κ1) is 25.8. The first-order valence-corrected chi connectivity index (χ1v) is 11.9. The van der Waals surface area contributed by atoms with E-state index in [0.29, 0.717) is 24.3 Å². The van der Waals surface area contributed by atoms with Gasteiger partial charge in [0.25, 0.3) is 0 Å². The molecule has 0 aliphatic heterocycles. The predicted molar refractivity (Wildman–Crippen MR) is 141 cm³/mol. The molecule has 0 fully saturated rings. The van der Waals surface area contributed by atoms with Crippen LogP contribution < -0.4 is 14.5 Å². The second-order valence-electron chi connectivity index (χ2n) is 8.44. The number of methoxy groups -OCH3 is 1. The SMILES string of the molecule is CCC(C(=O)OC(c1ccccc1)c1ccccc1)N(CC)c1cc(OC)c(C=O)cc1N(C)C. The lowest BCUT2D eigenvalue weighted by Gasteiger charge is -2.35. The maximum Gasteiger partial charge on any atom is 0.329 e. The van der Waals surface area contributed by atoms with Crippen LogP contribution in [0.5, 0.6) is 5.75 Å². The molecule has 0 saturated carbocycles. The Bertz CT molecular complexity index is 1080. The molecule has 0 aromatic heterocycles. The van der Waals surface area contributed by atoms with E-state index in [1.54, 1.807) is 6.07 Å². The minimum Gasteiger partial charge on any atom is -0.496 e. The summed E-state index contributed by atoms with van der Waals surface area (Å²) < 4.78 is 11.7. The van der Waals surface area contributed by atoms with E-state index >= 15 is 0 Å². The van der Waals surface area contributed by atoms with Crippen LogP contribution in [-0.2, 0) is 9.53 Å². The molecule has 0 N–H and O–H groups in total. The average Bonchev–Trinajstić information content (AvgIpc) is 2.90. The number of esters is 1. The summed E-state index contributed by atoms with van der Waals surface area (Å²) in [5.41, 5.74) is 3.91. The summed E-state index contributed by atoms with van der Waals surface area (Å²) in [6.07, 6.45) is 0.813. The van der Waals surface area contributed by atoms with Crippen LogP contribution in [0.3, 0.4) is 0 Å². The van der Waals surface area contributed by atoms with E-state index in [9.17, 15) is 9.59 Å². The molecule has 6 heteroatoms. The molecular weight excluding hydrogens is 440 g/mol. The monoisotopic (exact) mass is 474 g/mol. The van der Waals surface area contributed by atoms with Gasteiger partial charge in [-0.15, -0.1) is 0 Å². The molecule has 0 amide bonds. The highest BCUT2D eigenvalue weighted by atomic mass is 16.5. The number of hydrogen-bond donors (Lipinski definition) is 0. The van der Waals surface area contributed by atoms with Gasteiger partial charge < -0.3 is 19.3 Å². The van der Waals surface area contributed by atoms with E-state index in [0.717, 1.165) is 28.8 Å². The topological polar surface area (TPSA) is 59.1 Å². The van der Waals surface area contributed by atoms with E-state index in [4.69, 9.17) is 9.47 Å². The Balaban J connectivity index is 2.01. The number of carbonyl (C=O) groups excluding carboxylic acids is 2. The maximum atomic E-state index is 13.7. The Kier molecular flexibility index (Phi) is 8.90. The molecule has 0 spiro atoms. The molecule has 3 aromatic rings. The number of carbonyl (C=O) groups is 2. The third-order valence-corrected chi connectivity index (χ3v) is 6.06. The van der Waals surface area contributed by atoms with Gasteiger partial charge in [-0.05, 0) is 30.5 Å². The highest BCUT2D eigenvalue weighted by Crippen LogP contribution is 2.37. The zero-order valence-electron chi connectivity index (χ0n) is 21.1. The highest BCUT2D eigenvalue weighted by molar-refractivity contribution is 5.89. The van der Waals surface area contributed by atoms with Crippen LogP contribution in [0.25, 0.3) is 0 Å². The van der Waals surface area contributed by atoms with Crippen molar-refractivity contribution in [1.82, 2.24) is 0 Å². The molecule has 0 radical (unpaired) electrons. The molecule has 0 saturated heterocycles. The fourth-order valence-corrected chi connectivity index (χ4v) is 4.28. The number of hydrogen-bond acceptors (Lipinski definition) is 6. The fraction of sp³-hybridized carbons (Fsp3) is 0.310. The number of rotatable bonds is 11. The van der Waals surface area contributed by atoms with Crippen LogP contribution in [0.15, 0.2) is 72.8 Å². The Labute approximate surface area is 208 Å². The fourth-order valence-electron chi connectivity index (χ4n) is 4.28. The lowest BCUT2D eigenvalue weighted by molar-refractivity contribution is -0.149. The summed E-state index contributed by atoms with van der Waals surface area (Å²) in [7, 11) is 5.36. The molecule has 3 aromatic carbocycles. The van der Waals surface area contributed by atoms with Gasteiger partial charge in [-0.3, -0.25) is 4.79 Å². The quantitative estimate of drug-likeness (QED) is 0.270. The van der Waals surface area contributed by atoms with E-state index in [1.807, 2.05) is 104 Å². The van der Waals surface area contributed by atoms with Gasteiger partial charge in [-0.2, -0.15) is 0 Å². The van der Waals surface area contributed by atoms with Gasteiger partial charge in [-0.25, -0.2) is 4.79 Å². The Morgan fingerprint density at radius 1 is 0.914 bits per heavy atom. The largest absolute Gasteiger partial charge is 0.496 e. The van der Waals surface area contributed by atoms with Crippen molar-refractivity contribution in [3.8, 4) is 5.75 Å². The van der Waals surface area contributed by atoms with Gasteiger partial charge in [-0.1, -0.05) is 67.6 Å². The summed E-state index contributed by atoms with van der Waals surface area (Å²) in [6, 6.07) is 22.6. The molecule has 0 bridgehead atoms. The van der Waals surface area contributed by atoms with Gasteiger partial charge >= 0.3 is 5.97 Å². The standard InChI is InChI=1S/C29H34N2O4/c1-6-24(31(7-2)26-19-27(34-5)23(20-32)18-25(26)30(3)4)29(33)35-28(21-14-10-8-11-15-21)22-16-12-9-13-17-22/h8-20,24,28H,6-7H2,1-5H3. The van der Waals surface area contributed by atoms with Crippen LogP contribution in [0.2, 0.25) is 0 Å². The van der Waals surface area contributed by atoms with Gasteiger partial charge in [0.05, 0.1) is 24.0 Å². The third kappa shape index (κ3) is 5.83. The number of ether oxygens (including phenoxy) is 2. The van der Waals surface area contributed by atoms with Crippen LogP contribution in [0.1, 0.15) is 47.9 Å². The van der Waals surface area contributed by atoms with Crippen LogP contribution in [-0.4, -0.2) is 46.0 Å². The predicted octanol–water partition coefficient (Wildman–Crippen LogP) is 5.51. The number of nitrogens with zero attached hydrogens (tertiary/aromatic N) is 2. The molecular formula is C29H34N2O4. The molecule has 35 heavy (non-hydrogen) atoms. The van der Waals surface area contributed by atoms with Crippen LogP contribution in [0, 0.1) is 0 Å². The molecule has 1 atom stereocenters. The van der Waals surface area contributed by atoms with Gasteiger partial charge in [0.1, 0.15) is 11.8 Å². The summed E-state index contributed by atoms with van der Waals surface area (Å²) in [5.74, 6) is 0.156. The number of aldehydes is 1. The Morgan fingerprint density at radius 3 is 1.91 bits per heavy atom. The van der Waals surface area contributed by atoms with E-state index in [-0.39, 0.29) is 5.97 Å². The van der Waals surface area contributed by atoms with Gasteiger partial charge in [0.15, 0.2) is 12.4 Å². The van der Waals surface area contributed by atoms with Crippen molar-refractivity contribution in [2.75, 3.05) is 37.5 Å². The second-order valence-corrected chi connectivity index (χ2v) is 8.44. The highest BCUT2D eigenvalue weighted by Gasteiger charge is 2.31. The molecule has 1 unspecified atom stereocenters. The summed E-state index contributed by atoms with van der Waals surface area (Å²) in [5, 5.41) is 0. The summed E-state index contributed by atoms with van der Waals surface area (Å²) >= 11 is 0. The van der Waals surface area contributed by atoms with Crippen LogP contribution >= 0.6 is 0 Å². The number of benzene rings is 3. The lowest BCUT2D eigenvalue weighted by Crippen LogP contribution is -2.43. The zero-order valence-corrected chi connectivity index (χ0v) is 21.1. The normalized spacial score (nSPS) is 11.6. The molecule has 0 aliphatic rings. The first-order chi connectivity index (χ1) is 16.9. The lowest BCUT2D eigenvalue weighted by atomic mass is 10.0. The van der Waals surface area contributed by atoms with Crippen molar-refractivity contribution >= 4 is 23.6 Å². The van der Waals surface area contributed by atoms with Crippen LogP contribution in [0.4, 0.5) is 11.4 Å². The summed E-state index contributed by atoms with van der Waals surface area (Å²) in [4.78, 5) is 29.3. The van der Waals surface area contributed by atoms with E-state index < -0.39 is 12.1 Å². The van der Waals surface area contributed by atoms with E-state index in [1.165, 1.54) is 7.11 Å². The van der Waals surface area contributed by atoms with E-state index in [2.05, 4.69) is 0 Å². The Hall–Kier alpha value is -3.80. The second kappa shape index (κ2) is 12.1. The maximum absolute atomic E-state index is 13.7. The average molecular weight is 475 g/mol.